The van der Waals surface area contributed by atoms with Crippen LogP contribution in [0.5, 0.6) is 5.75 Å². The number of nitrogens with zero attached hydrogens (tertiary/aromatic N) is 1. The van der Waals surface area contributed by atoms with E-state index in [0.29, 0.717) is 32.2 Å². The molecule has 2 atom stereocenters. The van der Waals surface area contributed by atoms with Crippen molar-refractivity contribution in [1.82, 2.24) is 4.90 Å². The number of amides is 1. The molecule has 2 aromatic rings. The van der Waals surface area contributed by atoms with Gasteiger partial charge in [0.25, 0.3) is 0 Å². The van der Waals surface area contributed by atoms with Gasteiger partial charge in [0, 0.05) is 13.0 Å². The van der Waals surface area contributed by atoms with E-state index in [4.69, 9.17) is 10.5 Å². The van der Waals surface area contributed by atoms with Crippen molar-refractivity contribution in [3.05, 3.63) is 65.7 Å². The SMILES string of the molecule is CC(C)(C)OC(=O)[C@]1(Cc2ccccc2)CCCN1C(=O)[C@@H](N)Cc1ccc(O)cc1. The van der Waals surface area contributed by atoms with Gasteiger partial charge in [-0.15, -0.1) is 0 Å². The summed E-state index contributed by atoms with van der Waals surface area (Å²) in [6.07, 6.45) is 1.96. The Bertz CT molecular complexity index is 905. The maximum absolute atomic E-state index is 13.4. The van der Waals surface area contributed by atoms with E-state index in [-0.39, 0.29) is 17.6 Å². The Labute approximate surface area is 184 Å². The van der Waals surface area contributed by atoms with Gasteiger partial charge in [-0.2, -0.15) is 0 Å². The van der Waals surface area contributed by atoms with Crippen molar-refractivity contribution in [1.29, 1.82) is 0 Å². The molecule has 1 aliphatic heterocycles. The Kier molecular flexibility index (Phi) is 6.70. The number of hydrogen-bond donors (Lipinski definition) is 2. The molecule has 0 bridgehead atoms. The van der Waals surface area contributed by atoms with Crippen LogP contribution in [0.4, 0.5) is 0 Å². The fourth-order valence-electron chi connectivity index (χ4n) is 4.15. The van der Waals surface area contributed by atoms with Gasteiger partial charge in [-0.25, -0.2) is 4.79 Å². The first-order valence-corrected chi connectivity index (χ1v) is 10.7. The predicted octanol–water partition coefficient (Wildman–Crippen LogP) is 3.21. The molecule has 0 aromatic heterocycles. The Hall–Kier alpha value is -2.86. The molecule has 1 saturated heterocycles. The molecule has 1 fully saturated rings. The van der Waals surface area contributed by atoms with Crippen LogP contribution in [-0.2, 0) is 27.2 Å². The van der Waals surface area contributed by atoms with Gasteiger partial charge in [0.2, 0.25) is 5.91 Å². The minimum absolute atomic E-state index is 0.162. The first-order chi connectivity index (χ1) is 14.6. The molecular weight excluding hydrogens is 392 g/mol. The highest BCUT2D eigenvalue weighted by molar-refractivity contribution is 5.91. The van der Waals surface area contributed by atoms with Gasteiger partial charge in [0.15, 0.2) is 0 Å². The lowest BCUT2D eigenvalue weighted by molar-refractivity contribution is -0.172. The molecule has 1 amide bonds. The number of nitrogens with two attached hydrogens (primary N) is 1. The molecule has 31 heavy (non-hydrogen) atoms. The molecule has 0 unspecified atom stereocenters. The van der Waals surface area contributed by atoms with Crippen LogP contribution in [0.15, 0.2) is 54.6 Å². The van der Waals surface area contributed by atoms with Gasteiger partial charge in [0.05, 0.1) is 6.04 Å². The van der Waals surface area contributed by atoms with Crippen LogP contribution in [0.1, 0.15) is 44.7 Å². The number of hydrogen-bond acceptors (Lipinski definition) is 5. The molecule has 6 nitrogen and oxygen atoms in total. The summed E-state index contributed by atoms with van der Waals surface area (Å²) in [4.78, 5) is 28.5. The lowest BCUT2D eigenvalue weighted by atomic mass is 9.87. The fraction of sp³-hybridized carbons (Fsp3) is 0.440. The van der Waals surface area contributed by atoms with Gasteiger partial charge >= 0.3 is 5.97 Å². The second kappa shape index (κ2) is 9.10. The summed E-state index contributed by atoms with van der Waals surface area (Å²) < 4.78 is 5.79. The third kappa shape index (κ3) is 5.44. The molecule has 1 heterocycles. The van der Waals surface area contributed by atoms with Gasteiger partial charge < -0.3 is 20.5 Å². The molecule has 0 aliphatic carbocycles. The largest absolute Gasteiger partial charge is 0.508 e. The number of phenols is 1. The number of rotatable bonds is 6. The second-order valence-corrected chi connectivity index (χ2v) is 9.27. The van der Waals surface area contributed by atoms with E-state index in [2.05, 4.69) is 0 Å². The van der Waals surface area contributed by atoms with Crippen molar-refractivity contribution in [2.24, 2.45) is 5.73 Å². The third-order valence-electron chi connectivity index (χ3n) is 5.58. The Morgan fingerprint density at radius 1 is 1.10 bits per heavy atom. The van der Waals surface area contributed by atoms with E-state index in [1.165, 1.54) is 0 Å². The van der Waals surface area contributed by atoms with Crippen LogP contribution in [0.3, 0.4) is 0 Å². The van der Waals surface area contributed by atoms with Crippen molar-refractivity contribution < 1.29 is 19.4 Å². The predicted molar refractivity (Wildman–Crippen MR) is 119 cm³/mol. The number of aromatic hydroxyl groups is 1. The molecular formula is C25H32N2O4. The first-order valence-electron chi connectivity index (χ1n) is 10.7. The van der Waals surface area contributed by atoms with Crippen molar-refractivity contribution in [3.63, 3.8) is 0 Å². The smallest absolute Gasteiger partial charge is 0.332 e. The highest BCUT2D eigenvalue weighted by Crippen LogP contribution is 2.36. The Morgan fingerprint density at radius 2 is 1.74 bits per heavy atom. The van der Waals surface area contributed by atoms with Crippen LogP contribution in [-0.4, -0.2) is 45.6 Å². The highest BCUT2D eigenvalue weighted by Gasteiger charge is 2.52. The Balaban J connectivity index is 1.88. The minimum atomic E-state index is -1.07. The molecule has 2 aromatic carbocycles. The number of ether oxygens (including phenoxy) is 1. The fourth-order valence-corrected chi connectivity index (χ4v) is 4.15. The molecule has 0 spiro atoms. The summed E-state index contributed by atoms with van der Waals surface area (Å²) in [6, 6.07) is 15.5. The van der Waals surface area contributed by atoms with E-state index in [1.54, 1.807) is 29.2 Å². The summed E-state index contributed by atoms with van der Waals surface area (Å²) >= 11 is 0. The van der Waals surface area contributed by atoms with Gasteiger partial charge in [0.1, 0.15) is 16.9 Å². The summed E-state index contributed by atoms with van der Waals surface area (Å²) in [5.74, 6) is -0.478. The van der Waals surface area contributed by atoms with E-state index >= 15 is 0 Å². The van der Waals surface area contributed by atoms with E-state index in [1.807, 2.05) is 51.1 Å². The zero-order valence-corrected chi connectivity index (χ0v) is 18.5. The average Bonchev–Trinajstić information content (AvgIpc) is 3.13. The topological polar surface area (TPSA) is 92.9 Å². The number of phenolic OH excluding ortho intramolecular Hbond substituents is 1. The number of carbonyl (C=O) groups excluding carboxylic acids is 2. The molecule has 0 radical (unpaired) electrons. The lowest BCUT2D eigenvalue weighted by Crippen LogP contribution is -2.60. The number of carbonyl (C=O) groups is 2. The van der Waals surface area contributed by atoms with Crippen LogP contribution in [0.2, 0.25) is 0 Å². The maximum atomic E-state index is 13.4. The summed E-state index contributed by atoms with van der Waals surface area (Å²) in [7, 11) is 0. The summed E-state index contributed by atoms with van der Waals surface area (Å²) in [6.45, 7) is 5.96. The van der Waals surface area contributed by atoms with Crippen molar-refractivity contribution in [3.8, 4) is 5.75 Å². The Morgan fingerprint density at radius 3 is 2.35 bits per heavy atom. The van der Waals surface area contributed by atoms with Crippen LogP contribution >= 0.6 is 0 Å². The average molecular weight is 425 g/mol. The van der Waals surface area contributed by atoms with E-state index in [9.17, 15) is 14.7 Å². The molecule has 1 aliphatic rings. The standard InChI is InChI=1S/C25H32N2O4/c1-24(2,3)31-23(30)25(17-19-8-5-4-6-9-19)14-7-15-27(25)22(29)21(26)16-18-10-12-20(28)13-11-18/h4-6,8-13,21,28H,7,14-17,26H2,1-3H3/t21-,25+/m0/s1. The minimum Gasteiger partial charge on any atom is -0.508 e. The zero-order chi connectivity index (χ0) is 22.6. The zero-order valence-electron chi connectivity index (χ0n) is 18.5. The van der Waals surface area contributed by atoms with E-state index < -0.39 is 17.2 Å². The highest BCUT2D eigenvalue weighted by atomic mass is 16.6. The number of benzene rings is 2. The van der Waals surface area contributed by atoms with Crippen LogP contribution in [0.25, 0.3) is 0 Å². The third-order valence-corrected chi connectivity index (χ3v) is 5.58. The molecule has 166 valence electrons. The van der Waals surface area contributed by atoms with Crippen molar-refractivity contribution >= 4 is 11.9 Å². The number of likely N-dealkylation sites (tertiary alicyclic amines) is 1. The molecule has 3 rings (SSSR count). The van der Waals surface area contributed by atoms with Gasteiger partial charge in [-0.3, -0.25) is 4.79 Å². The quantitative estimate of drug-likeness (QED) is 0.695. The van der Waals surface area contributed by atoms with E-state index in [0.717, 1.165) is 11.1 Å². The second-order valence-electron chi connectivity index (χ2n) is 9.27. The van der Waals surface area contributed by atoms with Gasteiger partial charge in [-0.05, 0) is 63.3 Å². The lowest BCUT2D eigenvalue weighted by Gasteiger charge is -2.39. The van der Waals surface area contributed by atoms with Crippen molar-refractivity contribution in [2.45, 2.75) is 63.6 Å². The molecule has 6 heteroatoms. The first kappa shape index (κ1) is 22.8. The van der Waals surface area contributed by atoms with Crippen LogP contribution < -0.4 is 5.73 Å². The summed E-state index contributed by atoms with van der Waals surface area (Å²) in [5, 5.41) is 9.48. The molecule has 3 N–H and O–H groups in total. The number of esters is 1. The van der Waals surface area contributed by atoms with Gasteiger partial charge in [-0.1, -0.05) is 42.5 Å². The normalized spacial score (nSPS) is 19.8. The molecule has 0 saturated carbocycles. The summed E-state index contributed by atoms with van der Waals surface area (Å²) in [5.41, 5.74) is 6.39. The maximum Gasteiger partial charge on any atom is 0.332 e. The van der Waals surface area contributed by atoms with Crippen LogP contribution in [0, 0.1) is 0 Å². The monoisotopic (exact) mass is 424 g/mol. The van der Waals surface area contributed by atoms with Crippen molar-refractivity contribution in [2.75, 3.05) is 6.54 Å².